The summed E-state index contributed by atoms with van der Waals surface area (Å²) in [5, 5.41) is 7.99. The molecule has 1 aromatic carbocycles. The molecule has 0 spiro atoms. The lowest BCUT2D eigenvalue weighted by Gasteiger charge is -2.23. The van der Waals surface area contributed by atoms with Crippen LogP contribution in [0.2, 0.25) is 0 Å². The van der Waals surface area contributed by atoms with E-state index >= 15 is 0 Å². The summed E-state index contributed by atoms with van der Waals surface area (Å²) < 4.78 is 27.9. The summed E-state index contributed by atoms with van der Waals surface area (Å²) in [4.78, 5) is 14.6. The first-order chi connectivity index (χ1) is 10.9. The number of hydrogen-bond donors (Lipinski definition) is 2. The zero-order chi connectivity index (χ0) is 17.0. The second-order valence-corrected chi connectivity index (χ2v) is 7.10. The number of primary sulfonamides is 1. The maximum Gasteiger partial charge on any atom is 0.255 e. The molecule has 1 saturated heterocycles. The van der Waals surface area contributed by atoms with Crippen molar-refractivity contribution < 1.29 is 17.9 Å². The Morgan fingerprint density at radius 1 is 1.48 bits per heavy atom. The van der Waals surface area contributed by atoms with E-state index in [1.54, 1.807) is 0 Å². The Morgan fingerprint density at radius 2 is 2.22 bits per heavy atom. The molecule has 1 fully saturated rings. The number of benzene rings is 1. The van der Waals surface area contributed by atoms with Crippen molar-refractivity contribution in [1.29, 1.82) is 0 Å². The minimum Gasteiger partial charge on any atom is -0.496 e. The molecule has 3 N–H and O–H groups in total. The lowest BCUT2D eigenvalue weighted by Crippen LogP contribution is -2.40. The van der Waals surface area contributed by atoms with Crippen LogP contribution in [0, 0.1) is 0 Å². The molecule has 0 aliphatic carbocycles. The SMILES string of the molecule is CCN1CCCC1CNC(=O)c1ccc(S(N)(=O)=O)cc1OC. The van der Waals surface area contributed by atoms with Crippen LogP contribution in [0.4, 0.5) is 0 Å². The fraction of sp³-hybridized carbons (Fsp3) is 0.533. The normalized spacial score (nSPS) is 18.8. The minimum absolute atomic E-state index is 0.0844. The number of nitrogens with two attached hydrogens (primary N) is 1. The van der Waals surface area contributed by atoms with Crippen LogP contribution in [0.1, 0.15) is 30.1 Å². The summed E-state index contributed by atoms with van der Waals surface area (Å²) in [6, 6.07) is 4.33. The number of sulfonamides is 1. The predicted molar refractivity (Wildman–Crippen MR) is 87.0 cm³/mol. The molecule has 1 atom stereocenters. The predicted octanol–water partition coefficient (Wildman–Crippen LogP) is 0.557. The Kier molecular flexibility index (Phi) is 5.61. The fourth-order valence-corrected chi connectivity index (χ4v) is 3.41. The third-order valence-corrected chi connectivity index (χ3v) is 5.06. The van der Waals surface area contributed by atoms with E-state index in [0.29, 0.717) is 18.2 Å². The van der Waals surface area contributed by atoms with Crippen LogP contribution in [-0.2, 0) is 10.0 Å². The quantitative estimate of drug-likeness (QED) is 0.787. The number of likely N-dealkylation sites (N-methyl/N-ethyl adjacent to an activating group) is 1. The number of carbonyl (C=O) groups is 1. The smallest absolute Gasteiger partial charge is 0.255 e. The minimum atomic E-state index is -3.83. The van der Waals surface area contributed by atoms with Gasteiger partial charge in [-0.3, -0.25) is 9.69 Å². The van der Waals surface area contributed by atoms with Gasteiger partial charge in [0.15, 0.2) is 0 Å². The Labute approximate surface area is 136 Å². The van der Waals surface area contributed by atoms with Gasteiger partial charge in [0.25, 0.3) is 5.91 Å². The van der Waals surface area contributed by atoms with Crippen LogP contribution >= 0.6 is 0 Å². The van der Waals surface area contributed by atoms with Crippen molar-refractivity contribution >= 4 is 15.9 Å². The summed E-state index contributed by atoms with van der Waals surface area (Å²) in [5.41, 5.74) is 0.293. The monoisotopic (exact) mass is 341 g/mol. The molecule has 128 valence electrons. The van der Waals surface area contributed by atoms with E-state index in [0.717, 1.165) is 25.9 Å². The first kappa shape index (κ1) is 17.7. The first-order valence-corrected chi connectivity index (χ1v) is 9.14. The molecule has 0 bridgehead atoms. The third kappa shape index (κ3) is 4.21. The number of amides is 1. The second-order valence-electron chi connectivity index (χ2n) is 5.54. The number of nitrogens with one attached hydrogen (secondary N) is 1. The van der Waals surface area contributed by atoms with Gasteiger partial charge in [0, 0.05) is 18.7 Å². The largest absolute Gasteiger partial charge is 0.496 e. The van der Waals surface area contributed by atoms with E-state index in [2.05, 4.69) is 17.1 Å². The number of ether oxygens (including phenoxy) is 1. The van der Waals surface area contributed by atoms with Crippen molar-refractivity contribution in [3.05, 3.63) is 23.8 Å². The van der Waals surface area contributed by atoms with E-state index < -0.39 is 10.0 Å². The average molecular weight is 341 g/mol. The molecule has 2 rings (SSSR count). The van der Waals surface area contributed by atoms with Crippen molar-refractivity contribution in [3.8, 4) is 5.75 Å². The van der Waals surface area contributed by atoms with Crippen molar-refractivity contribution in [2.45, 2.75) is 30.7 Å². The standard InChI is InChI=1S/C15H23N3O4S/c1-3-18-8-4-5-11(18)10-17-15(19)13-7-6-12(23(16,20)21)9-14(13)22-2/h6-7,9,11H,3-5,8,10H2,1-2H3,(H,17,19)(H2,16,20,21). The molecule has 8 heteroatoms. The number of carbonyl (C=O) groups excluding carboxylic acids is 1. The van der Waals surface area contributed by atoms with Crippen LogP contribution in [0.15, 0.2) is 23.1 Å². The van der Waals surface area contributed by atoms with Crippen LogP contribution in [0.25, 0.3) is 0 Å². The maximum atomic E-state index is 12.3. The summed E-state index contributed by atoms with van der Waals surface area (Å²) in [6.45, 7) is 4.69. The highest BCUT2D eigenvalue weighted by Gasteiger charge is 2.24. The summed E-state index contributed by atoms with van der Waals surface area (Å²) in [6.07, 6.45) is 2.20. The highest BCUT2D eigenvalue weighted by molar-refractivity contribution is 7.89. The van der Waals surface area contributed by atoms with Gasteiger partial charge in [-0.15, -0.1) is 0 Å². The molecular weight excluding hydrogens is 318 g/mol. The van der Waals surface area contributed by atoms with Crippen LogP contribution in [0.3, 0.4) is 0 Å². The van der Waals surface area contributed by atoms with E-state index in [4.69, 9.17) is 9.88 Å². The number of nitrogens with zero attached hydrogens (tertiary/aromatic N) is 1. The second kappa shape index (κ2) is 7.29. The molecule has 7 nitrogen and oxygen atoms in total. The molecule has 1 aliphatic heterocycles. The number of hydrogen-bond acceptors (Lipinski definition) is 5. The van der Waals surface area contributed by atoms with Gasteiger partial charge in [0.2, 0.25) is 10.0 Å². The fourth-order valence-electron chi connectivity index (χ4n) is 2.88. The maximum absolute atomic E-state index is 12.3. The van der Waals surface area contributed by atoms with Crippen LogP contribution < -0.4 is 15.2 Å². The molecule has 0 aromatic heterocycles. The van der Waals surface area contributed by atoms with E-state index in [9.17, 15) is 13.2 Å². The van der Waals surface area contributed by atoms with Crippen LogP contribution in [0.5, 0.6) is 5.75 Å². The molecule has 23 heavy (non-hydrogen) atoms. The van der Waals surface area contributed by atoms with Gasteiger partial charge in [-0.25, -0.2) is 13.6 Å². The Balaban J connectivity index is 2.10. The lowest BCUT2D eigenvalue weighted by atomic mass is 10.1. The number of rotatable bonds is 6. The molecule has 1 aliphatic rings. The van der Waals surface area contributed by atoms with Gasteiger partial charge in [0.1, 0.15) is 5.75 Å². The van der Waals surface area contributed by atoms with Gasteiger partial charge in [-0.05, 0) is 38.1 Å². The number of likely N-dealkylation sites (tertiary alicyclic amines) is 1. The highest BCUT2D eigenvalue weighted by Crippen LogP contribution is 2.22. The van der Waals surface area contributed by atoms with Gasteiger partial charge in [0.05, 0.1) is 17.6 Å². The molecule has 1 amide bonds. The summed E-state index contributed by atoms with van der Waals surface area (Å²) >= 11 is 0. The number of methoxy groups -OCH3 is 1. The summed E-state index contributed by atoms with van der Waals surface area (Å²) in [7, 11) is -2.45. The Hall–Kier alpha value is -1.64. The highest BCUT2D eigenvalue weighted by atomic mass is 32.2. The molecule has 1 aromatic rings. The van der Waals surface area contributed by atoms with Crippen molar-refractivity contribution in [2.75, 3.05) is 26.7 Å². The van der Waals surface area contributed by atoms with Gasteiger partial charge in [-0.2, -0.15) is 0 Å². The molecule has 1 unspecified atom stereocenters. The van der Waals surface area contributed by atoms with E-state index in [1.807, 2.05) is 0 Å². The van der Waals surface area contributed by atoms with E-state index in [1.165, 1.54) is 25.3 Å². The Morgan fingerprint density at radius 3 is 2.83 bits per heavy atom. The molecular formula is C15H23N3O4S. The van der Waals surface area contributed by atoms with Gasteiger partial charge >= 0.3 is 0 Å². The van der Waals surface area contributed by atoms with Crippen molar-refractivity contribution in [1.82, 2.24) is 10.2 Å². The lowest BCUT2D eigenvalue weighted by molar-refractivity contribution is 0.0938. The van der Waals surface area contributed by atoms with Crippen molar-refractivity contribution in [3.63, 3.8) is 0 Å². The molecule has 0 saturated carbocycles. The molecule has 1 heterocycles. The van der Waals surface area contributed by atoms with Crippen molar-refractivity contribution in [2.24, 2.45) is 5.14 Å². The van der Waals surface area contributed by atoms with Crippen LogP contribution in [-0.4, -0.2) is 52.0 Å². The summed E-state index contributed by atoms with van der Waals surface area (Å²) in [5.74, 6) is -0.0985. The zero-order valence-electron chi connectivity index (χ0n) is 13.4. The molecule has 0 radical (unpaired) electrons. The van der Waals surface area contributed by atoms with Gasteiger partial charge in [-0.1, -0.05) is 6.92 Å². The first-order valence-electron chi connectivity index (χ1n) is 7.60. The zero-order valence-corrected chi connectivity index (χ0v) is 14.2. The Bertz CT molecular complexity index is 675. The average Bonchev–Trinajstić information content (AvgIpc) is 2.98. The third-order valence-electron chi connectivity index (χ3n) is 4.15. The topological polar surface area (TPSA) is 102 Å². The van der Waals surface area contributed by atoms with E-state index in [-0.39, 0.29) is 16.6 Å². The van der Waals surface area contributed by atoms with Gasteiger partial charge < -0.3 is 10.1 Å².